The molecular formula is C13H22N2O2S. The Hall–Kier alpha value is -0.710. The quantitative estimate of drug-likeness (QED) is 0.751. The number of carbonyl (C=O) groups excluding carboxylic acids is 2. The molecule has 0 aromatic carbocycles. The standard InChI is InChI=1S/C13H22N2O2S/c16-12(14-6-7-18)11-8-15(9-11)13(17)10-4-2-1-3-5-10/h10-11,18H,1-9H2,(H,14,16). The van der Waals surface area contributed by atoms with E-state index in [-0.39, 0.29) is 23.7 Å². The second-order valence-corrected chi connectivity index (χ2v) is 5.74. The zero-order chi connectivity index (χ0) is 13.0. The summed E-state index contributed by atoms with van der Waals surface area (Å²) >= 11 is 4.05. The fourth-order valence-electron chi connectivity index (χ4n) is 2.76. The minimum atomic E-state index is -0.00239. The first-order valence-corrected chi connectivity index (χ1v) is 7.53. The predicted molar refractivity (Wildman–Crippen MR) is 73.5 cm³/mol. The molecule has 4 nitrogen and oxygen atoms in total. The van der Waals surface area contributed by atoms with E-state index in [9.17, 15) is 9.59 Å². The highest BCUT2D eigenvalue weighted by atomic mass is 32.1. The van der Waals surface area contributed by atoms with E-state index in [1.54, 1.807) is 0 Å². The van der Waals surface area contributed by atoms with Gasteiger partial charge in [0.05, 0.1) is 5.92 Å². The SMILES string of the molecule is O=C(NCCS)C1CN(C(=O)C2CCCCC2)C1. The van der Waals surface area contributed by atoms with E-state index >= 15 is 0 Å². The van der Waals surface area contributed by atoms with Crippen LogP contribution in [0.25, 0.3) is 0 Å². The number of nitrogens with zero attached hydrogens (tertiary/aromatic N) is 1. The normalized spacial score (nSPS) is 21.5. The first kappa shape index (κ1) is 13.7. The summed E-state index contributed by atoms with van der Waals surface area (Å²) in [5, 5.41) is 2.82. The molecule has 1 N–H and O–H groups in total. The van der Waals surface area contributed by atoms with Crippen molar-refractivity contribution in [3.63, 3.8) is 0 Å². The van der Waals surface area contributed by atoms with Gasteiger partial charge in [-0.15, -0.1) is 0 Å². The van der Waals surface area contributed by atoms with Crippen molar-refractivity contribution in [3.8, 4) is 0 Å². The number of nitrogens with one attached hydrogen (secondary N) is 1. The number of carbonyl (C=O) groups is 2. The van der Waals surface area contributed by atoms with Crippen LogP contribution in [0.2, 0.25) is 0 Å². The minimum Gasteiger partial charge on any atom is -0.355 e. The Bertz CT molecular complexity index is 310. The molecule has 2 fully saturated rings. The van der Waals surface area contributed by atoms with Crippen molar-refractivity contribution in [2.75, 3.05) is 25.4 Å². The van der Waals surface area contributed by atoms with Gasteiger partial charge in [-0.1, -0.05) is 19.3 Å². The number of hydrogen-bond donors (Lipinski definition) is 2. The van der Waals surface area contributed by atoms with Crippen molar-refractivity contribution in [1.82, 2.24) is 10.2 Å². The van der Waals surface area contributed by atoms with E-state index in [4.69, 9.17) is 0 Å². The minimum absolute atomic E-state index is 0.00239. The fraction of sp³-hybridized carbons (Fsp3) is 0.846. The molecule has 2 aliphatic rings. The molecule has 0 unspecified atom stereocenters. The van der Waals surface area contributed by atoms with Crippen molar-refractivity contribution in [3.05, 3.63) is 0 Å². The third kappa shape index (κ3) is 3.19. The monoisotopic (exact) mass is 270 g/mol. The van der Waals surface area contributed by atoms with Crippen LogP contribution in [0.15, 0.2) is 0 Å². The zero-order valence-corrected chi connectivity index (χ0v) is 11.6. The average molecular weight is 270 g/mol. The summed E-state index contributed by atoms with van der Waals surface area (Å²) in [5.41, 5.74) is 0. The predicted octanol–water partition coefficient (Wildman–Crippen LogP) is 1.07. The Labute approximate surface area is 114 Å². The third-order valence-corrected chi connectivity index (χ3v) is 4.15. The fourth-order valence-corrected chi connectivity index (χ4v) is 2.87. The molecule has 5 heteroatoms. The average Bonchev–Trinajstić information content (AvgIpc) is 2.35. The van der Waals surface area contributed by atoms with E-state index in [1.807, 2.05) is 4.90 Å². The van der Waals surface area contributed by atoms with E-state index in [1.165, 1.54) is 19.3 Å². The molecule has 1 saturated heterocycles. The van der Waals surface area contributed by atoms with Gasteiger partial charge in [-0.05, 0) is 12.8 Å². The van der Waals surface area contributed by atoms with Gasteiger partial charge in [0, 0.05) is 31.3 Å². The Kier molecular flexibility index (Phi) is 4.92. The van der Waals surface area contributed by atoms with Crippen molar-refractivity contribution < 1.29 is 9.59 Å². The molecule has 1 heterocycles. The van der Waals surface area contributed by atoms with Crippen LogP contribution in [-0.2, 0) is 9.59 Å². The van der Waals surface area contributed by atoms with Crippen LogP contribution in [0, 0.1) is 11.8 Å². The largest absolute Gasteiger partial charge is 0.355 e. The first-order chi connectivity index (χ1) is 8.72. The van der Waals surface area contributed by atoms with Crippen LogP contribution < -0.4 is 5.32 Å². The lowest BCUT2D eigenvalue weighted by molar-refractivity contribution is -0.147. The first-order valence-electron chi connectivity index (χ1n) is 6.89. The maximum atomic E-state index is 12.1. The van der Waals surface area contributed by atoms with Gasteiger partial charge in [0.25, 0.3) is 0 Å². The number of amides is 2. The Morgan fingerprint density at radius 3 is 2.39 bits per heavy atom. The summed E-state index contributed by atoms with van der Waals surface area (Å²) in [7, 11) is 0. The lowest BCUT2D eigenvalue weighted by Gasteiger charge is -2.40. The second kappa shape index (κ2) is 6.45. The highest BCUT2D eigenvalue weighted by Crippen LogP contribution is 2.28. The van der Waals surface area contributed by atoms with Crippen molar-refractivity contribution in [2.45, 2.75) is 32.1 Å². The van der Waals surface area contributed by atoms with E-state index in [0.717, 1.165) is 12.8 Å². The molecule has 0 aromatic rings. The van der Waals surface area contributed by atoms with Gasteiger partial charge in [-0.25, -0.2) is 0 Å². The molecule has 2 rings (SSSR count). The molecule has 0 radical (unpaired) electrons. The summed E-state index contributed by atoms with van der Waals surface area (Å²) in [4.78, 5) is 25.6. The summed E-state index contributed by atoms with van der Waals surface area (Å²) in [6.07, 6.45) is 5.68. The van der Waals surface area contributed by atoms with Crippen LogP contribution in [0.4, 0.5) is 0 Å². The molecule has 1 aliphatic carbocycles. The van der Waals surface area contributed by atoms with Crippen LogP contribution in [0.1, 0.15) is 32.1 Å². The third-order valence-electron chi connectivity index (χ3n) is 3.93. The smallest absolute Gasteiger partial charge is 0.226 e. The molecule has 2 amide bonds. The zero-order valence-electron chi connectivity index (χ0n) is 10.7. The van der Waals surface area contributed by atoms with Crippen molar-refractivity contribution >= 4 is 24.4 Å². The van der Waals surface area contributed by atoms with Crippen LogP contribution in [0.3, 0.4) is 0 Å². The van der Waals surface area contributed by atoms with E-state index < -0.39 is 0 Å². The summed E-state index contributed by atoms with van der Waals surface area (Å²) in [6.45, 7) is 1.82. The Morgan fingerprint density at radius 2 is 1.78 bits per heavy atom. The van der Waals surface area contributed by atoms with E-state index in [0.29, 0.717) is 25.4 Å². The Balaban J connectivity index is 1.71. The van der Waals surface area contributed by atoms with Gasteiger partial charge in [0.15, 0.2) is 0 Å². The molecule has 0 bridgehead atoms. The molecule has 1 aliphatic heterocycles. The van der Waals surface area contributed by atoms with Gasteiger partial charge in [-0.2, -0.15) is 12.6 Å². The van der Waals surface area contributed by atoms with E-state index in [2.05, 4.69) is 17.9 Å². The second-order valence-electron chi connectivity index (χ2n) is 5.29. The highest BCUT2D eigenvalue weighted by Gasteiger charge is 2.38. The molecule has 0 atom stereocenters. The number of rotatable bonds is 4. The summed E-state index contributed by atoms with van der Waals surface area (Å²) in [6, 6.07) is 0. The molecule has 102 valence electrons. The molecule has 0 spiro atoms. The Morgan fingerprint density at radius 1 is 1.11 bits per heavy atom. The lowest BCUT2D eigenvalue weighted by atomic mass is 9.86. The maximum Gasteiger partial charge on any atom is 0.226 e. The number of thiol groups is 1. The van der Waals surface area contributed by atoms with Crippen LogP contribution >= 0.6 is 12.6 Å². The van der Waals surface area contributed by atoms with Gasteiger partial charge < -0.3 is 10.2 Å². The lowest BCUT2D eigenvalue weighted by Crippen LogP contribution is -2.57. The van der Waals surface area contributed by atoms with Gasteiger partial charge in [0.1, 0.15) is 0 Å². The van der Waals surface area contributed by atoms with Crippen molar-refractivity contribution in [1.29, 1.82) is 0 Å². The molecule has 0 aromatic heterocycles. The summed E-state index contributed by atoms with van der Waals surface area (Å²) in [5.74, 6) is 1.21. The van der Waals surface area contributed by atoms with Gasteiger partial charge in [0.2, 0.25) is 11.8 Å². The summed E-state index contributed by atoms with van der Waals surface area (Å²) < 4.78 is 0. The maximum absolute atomic E-state index is 12.1. The van der Waals surface area contributed by atoms with Crippen LogP contribution in [0.5, 0.6) is 0 Å². The number of likely N-dealkylation sites (tertiary alicyclic amines) is 1. The number of hydrogen-bond acceptors (Lipinski definition) is 3. The van der Waals surface area contributed by atoms with Crippen molar-refractivity contribution in [2.24, 2.45) is 11.8 Å². The van der Waals surface area contributed by atoms with Gasteiger partial charge >= 0.3 is 0 Å². The topological polar surface area (TPSA) is 49.4 Å². The highest BCUT2D eigenvalue weighted by molar-refractivity contribution is 7.80. The van der Waals surface area contributed by atoms with Gasteiger partial charge in [-0.3, -0.25) is 9.59 Å². The molecule has 18 heavy (non-hydrogen) atoms. The van der Waals surface area contributed by atoms with Crippen LogP contribution in [-0.4, -0.2) is 42.1 Å². The molecule has 1 saturated carbocycles. The molecular weight excluding hydrogens is 248 g/mol.